The van der Waals surface area contributed by atoms with E-state index in [1.165, 1.54) is 0 Å². The molecule has 1 saturated heterocycles. The van der Waals surface area contributed by atoms with Crippen molar-refractivity contribution in [2.75, 3.05) is 20.2 Å². The zero-order chi connectivity index (χ0) is 11.5. The average Bonchev–Trinajstić information content (AvgIpc) is 2.12. The van der Waals surface area contributed by atoms with Crippen LogP contribution in [0.5, 0.6) is 0 Å². The maximum absolute atomic E-state index is 10.5. The Bertz CT molecular complexity index is 228. The highest BCUT2D eigenvalue weighted by Crippen LogP contribution is 2.26. The normalized spacial score (nSPS) is 25.5. The Morgan fingerprint density at radius 2 is 2.27 bits per heavy atom. The molecule has 0 amide bonds. The first kappa shape index (κ1) is 12.5. The number of ether oxygens (including phenoxy) is 1. The molecule has 1 fully saturated rings. The molecular weight excluding hydrogens is 194 g/mol. The molecule has 0 aromatic carbocycles. The van der Waals surface area contributed by atoms with E-state index in [4.69, 9.17) is 9.84 Å². The summed E-state index contributed by atoms with van der Waals surface area (Å²) in [7, 11) is 2.00. The summed E-state index contributed by atoms with van der Waals surface area (Å²) in [6, 6.07) is 0.452. The van der Waals surface area contributed by atoms with Crippen molar-refractivity contribution in [3.8, 4) is 0 Å². The predicted octanol–water partition coefficient (Wildman–Crippen LogP) is 1.35. The van der Waals surface area contributed by atoms with Crippen LogP contribution in [0.3, 0.4) is 0 Å². The molecule has 4 nitrogen and oxygen atoms in total. The third-order valence-corrected chi connectivity index (χ3v) is 2.97. The van der Waals surface area contributed by atoms with Crippen molar-refractivity contribution in [1.82, 2.24) is 4.90 Å². The Kier molecular flexibility index (Phi) is 4.11. The summed E-state index contributed by atoms with van der Waals surface area (Å²) >= 11 is 0. The summed E-state index contributed by atoms with van der Waals surface area (Å²) in [6.45, 7) is 5.57. The van der Waals surface area contributed by atoms with Gasteiger partial charge in [-0.25, -0.2) is 0 Å². The van der Waals surface area contributed by atoms with Crippen molar-refractivity contribution in [3.63, 3.8) is 0 Å². The van der Waals surface area contributed by atoms with Crippen LogP contribution in [0.2, 0.25) is 0 Å². The highest BCUT2D eigenvalue weighted by molar-refractivity contribution is 5.66. The fourth-order valence-electron chi connectivity index (χ4n) is 2.03. The van der Waals surface area contributed by atoms with Gasteiger partial charge in [-0.1, -0.05) is 0 Å². The van der Waals surface area contributed by atoms with Gasteiger partial charge >= 0.3 is 5.97 Å². The zero-order valence-corrected chi connectivity index (χ0v) is 9.82. The van der Waals surface area contributed by atoms with Crippen LogP contribution in [0.25, 0.3) is 0 Å². The lowest BCUT2D eigenvalue weighted by Crippen LogP contribution is -2.45. The number of carbonyl (C=O) groups is 1. The third kappa shape index (κ3) is 4.18. The molecule has 88 valence electrons. The molecule has 0 aromatic heterocycles. The van der Waals surface area contributed by atoms with Crippen molar-refractivity contribution in [2.45, 2.75) is 44.8 Å². The summed E-state index contributed by atoms with van der Waals surface area (Å²) in [5, 5.41) is 8.61. The minimum atomic E-state index is -0.729. The van der Waals surface area contributed by atoms with Gasteiger partial charge in [-0.15, -0.1) is 0 Å². The number of carboxylic acid groups (broad SMARTS) is 1. The summed E-state index contributed by atoms with van der Waals surface area (Å²) < 4.78 is 5.63. The number of rotatable bonds is 4. The van der Waals surface area contributed by atoms with E-state index in [1.807, 2.05) is 7.05 Å². The highest BCUT2D eigenvalue weighted by atomic mass is 16.5. The maximum Gasteiger partial charge on any atom is 0.304 e. The molecule has 15 heavy (non-hydrogen) atoms. The molecule has 0 aliphatic carbocycles. The fourth-order valence-corrected chi connectivity index (χ4v) is 2.03. The van der Waals surface area contributed by atoms with Crippen LogP contribution in [0.4, 0.5) is 0 Å². The molecule has 1 atom stereocenters. The monoisotopic (exact) mass is 215 g/mol. The van der Waals surface area contributed by atoms with Gasteiger partial charge in [0, 0.05) is 19.2 Å². The number of hydrogen-bond donors (Lipinski definition) is 1. The maximum atomic E-state index is 10.5. The van der Waals surface area contributed by atoms with Crippen molar-refractivity contribution in [3.05, 3.63) is 0 Å². The lowest BCUT2D eigenvalue weighted by atomic mass is 9.93. The first-order valence-corrected chi connectivity index (χ1v) is 5.47. The van der Waals surface area contributed by atoms with Gasteiger partial charge in [-0.3, -0.25) is 4.79 Å². The van der Waals surface area contributed by atoms with Crippen LogP contribution in [-0.4, -0.2) is 47.8 Å². The van der Waals surface area contributed by atoms with Crippen molar-refractivity contribution < 1.29 is 14.6 Å². The van der Waals surface area contributed by atoms with Crippen LogP contribution in [0.15, 0.2) is 0 Å². The van der Waals surface area contributed by atoms with E-state index in [2.05, 4.69) is 18.7 Å². The van der Waals surface area contributed by atoms with Gasteiger partial charge in [0.1, 0.15) is 0 Å². The van der Waals surface area contributed by atoms with Crippen molar-refractivity contribution in [2.24, 2.45) is 0 Å². The third-order valence-electron chi connectivity index (χ3n) is 2.97. The summed E-state index contributed by atoms with van der Waals surface area (Å²) in [4.78, 5) is 12.6. The molecule has 0 radical (unpaired) electrons. The molecule has 0 saturated carbocycles. The zero-order valence-electron chi connectivity index (χ0n) is 9.82. The molecule has 1 N–H and O–H groups in total. The second-order valence-corrected chi connectivity index (χ2v) is 4.88. The van der Waals surface area contributed by atoms with E-state index in [1.54, 1.807) is 0 Å². The molecular formula is C11H21NO3. The van der Waals surface area contributed by atoms with Crippen LogP contribution in [0, 0.1) is 0 Å². The molecule has 0 bridgehead atoms. The Balaban J connectivity index is 2.38. The molecule has 1 heterocycles. The highest BCUT2D eigenvalue weighted by Gasteiger charge is 2.30. The smallest absolute Gasteiger partial charge is 0.304 e. The van der Waals surface area contributed by atoms with Crippen molar-refractivity contribution in [1.29, 1.82) is 0 Å². The quantitative estimate of drug-likeness (QED) is 0.769. The van der Waals surface area contributed by atoms with Gasteiger partial charge in [0.25, 0.3) is 0 Å². The lowest BCUT2D eigenvalue weighted by Gasteiger charge is -2.39. The minimum Gasteiger partial charge on any atom is -0.481 e. The largest absolute Gasteiger partial charge is 0.481 e. The first-order valence-electron chi connectivity index (χ1n) is 5.47. The predicted molar refractivity (Wildman–Crippen MR) is 57.9 cm³/mol. The molecule has 1 aliphatic rings. The molecule has 1 unspecified atom stereocenters. The van der Waals surface area contributed by atoms with Crippen LogP contribution in [-0.2, 0) is 9.53 Å². The van der Waals surface area contributed by atoms with E-state index >= 15 is 0 Å². The summed E-state index contributed by atoms with van der Waals surface area (Å²) in [6.07, 6.45) is 2.19. The number of aliphatic carboxylic acids is 1. The summed E-state index contributed by atoms with van der Waals surface area (Å²) in [5.41, 5.74) is -0.0690. The number of nitrogens with zero attached hydrogens (tertiary/aromatic N) is 1. The Hall–Kier alpha value is -0.610. The topological polar surface area (TPSA) is 49.8 Å². The second-order valence-electron chi connectivity index (χ2n) is 4.88. The second kappa shape index (κ2) is 4.94. The SMILES string of the molecule is CN(CCC(=O)O)C1CCOC(C)(C)C1. The van der Waals surface area contributed by atoms with Crippen LogP contribution >= 0.6 is 0 Å². The summed E-state index contributed by atoms with van der Waals surface area (Å²) in [5.74, 6) is -0.729. The number of carboxylic acids is 1. The van der Waals surface area contributed by atoms with E-state index in [0.717, 1.165) is 19.4 Å². The van der Waals surface area contributed by atoms with E-state index in [9.17, 15) is 4.79 Å². The fraction of sp³-hybridized carbons (Fsp3) is 0.909. The van der Waals surface area contributed by atoms with Gasteiger partial charge in [0.2, 0.25) is 0 Å². The van der Waals surface area contributed by atoms with Crippen LogP contribution in [0.1, 0.15) is 33.1 Å². The van der Waals surface area contributed by atoms with Gasteiger partial charge in [-0.2, -0.15) is 0 Å². The minimum absolute atomic E-state index is 0.0690. The molecule has 4 heteroatoms. The first-order chi connectivity index (χ1) is 6.91. The number of hydrogen-bond acceptors (Lipinski definition) is 3. The average molecular weight is 215 g/mol. The van der Waals surface area contributed by atoms with Crippen LogP contribution < -0.4 is 0 Å². The van der Waals surface area contributed by atoms with Gasteiger partial charge in [0.05, 0.1) is 12.0 Å². The van der Waals surface area contributed by atoms with Crippen molar-refractivity contribution >= 4 is 5.97 Å². The van der Waals surface area contributed by atoms with E-state index in [-0.39, 0.29) is 12.0 Å². The molecule has 0 spiro atoms. The van der Waals surface area contributed by atoms with E-state index in [0.29, 0.717) is 12.6 Å². The molecule has 0 aromatic rings. The lowest BCUT2D eigenvalue weighted by molar-refractivity contribution is -0.137. The van der Waals surface area contributed by atoms with Gasteiger partial charge in [-0.05, 0) is 33.7 Å². The molecule has 1 rings (SSSR count). The Morgan fingerprint density at radius 3 is 2.80 bits per heavy atom. The van der Waals surface area contributed by atoms with E-state index < -0.39 is 5.97 Å². The van der Waals surface area contributed by atoms with Gasteiger partial charge in [0.15, 0.2) is 0 Å². The Morgan fingerprint density at radius 1 is 1.60 bits per heavy atom. The molecule has 1 aliphatic heterocycles. The Labute approximate surface area is 91.2 Å². The van der Waals surface area contributed by atoms with Gasteiger partial charge < -0.3 is 14.7 Å². The standard InChI is InChI=1S/C11H21NO3/c1-11(2)8-9(5-7-15-11)12(3)6-4-10(13)14/h9H,4-8H2,1-3H3,(H,13,14).